The molecule has 0 aliphatic carbocycles. The summed E-state index contributed by atoms with van der Waals surface area (Å²) >= 11 is 0. The predicted molar refractivity (Wildman–Crippen MR) is 79.4 cm³/mol. The van der Waals surface area contributed by atoms with Gasteiger partial charge in [0.05, 0.1) is 31.2 Å². The number of aromatic nitrogens is 2. The summed E-state index contributed by atoms with van der Waals surface area (Å²) in [7, 11) is 5.01. The fourth-order valence-electron chi connectivity index (χ4n) is 2.32. The zero-order valence-corrected chi connectivity index (χ0v) is 12.7. The second-order valence-corrected chi connectivity index (χ2v) is 4.61. The lowest BCUT2D eigenvalue weighted by Crippen LogP contribution is -2.05. The normalized spacial score (nSPS) is 10.5. The quantitative estimate of drug-likeness (QED) is 0.889. The molecule has 0 atom stereocenters. The van der Waals surface area contributed by atoms with E-state index in [1.807, 2.05) is 14.0 Å². The summed E-state index contributed by atoms with van der Waals surface area (Å²) in [5.41, 5.74) is 2.52. The summed E-state index contributed by atoms with van der Waals surface area (Å²) in [5.74, 6) is 0.985. The molecule has 114 valence electrons. The van der Waals surface area contributed by atoms with Gasteiger partial charge in [-0.3, -0.25) is 0 Å². The van der Waals surface area contributed by atoms with Crippen LogP contribution in [0.3, 0.4) is 0 Å². The zero-order valence-electron chi connectivity index (χ0n) is 12.7. The van der Waals surface area contributed by atoms with Crippen LogP contribution in [0.1, 0.15) is 18.2 Å². The van der Waals surface area contributed by atoms with Gasteiger partial charge in [0.1, 0.15) is 11.6 Å². The van der Waals surface area contributed by atoms with Crippen molar-refractivity contribution in [2.45, 2.75) is 19.9 Å². The smallest absolute Gasteiger partial charge is 0.216 e. The summed E-state index contributed by atoms with van der Waals surface area (Å²) in [6, 6.07) is 4.37. The number of nitrogens with one attached hydrogen (secondary N) is 1. The molecule has 1 N–H and O–H groups in total. The fraction of sp³-hybridized carbons (Fsp3) is 0.400. The molecule has 2 rings (SSSR count). The highest BCUT2D eigenvalue weighted by molar-refractivity contribution is 5.57. The van der Waals surface area contributed by atoms with Crippen LogP contribution in [0, 0.1) is 5.82 Å². The molecule has 2 aromatic rings. The van der Waals surface area contributed by atoms with Crippen LogP contribution >= 0.6 is 0 Å². The number of halogens is 1. The topological polar surface area (TPSA) is 48.3 Å². The Balaban J connectivity index is 2.26. The van der Waals surface area contributed by atoms with Crippen LogP contribution in [-0.4, -0.2) is 24.0 Å². The van der Waals surface area contributed by atoms with Gasteiger partial charge >= 0.3 is 0 Å². The second kappa shape index (κ2) is 6.47. The molecule has 0 saturated carbocycles. The Morgan fingerprint density at radius 3 is 2.67 bits per heavy atom. The maximum absolute atomic E-state index is 13.4. The summed E-state index contributed by atoms with van der Waals surface area (Å²) < 4.78 is 25.7. The average Bonchev–Trinajstić information content (AvgIpc) is 2.80. The molecule has 1 aromatic carbocycles. The molecule has 0 bridgehead atoms. The van der Waals surface area contributed by atoms with Crippen LogP contribution in [0.2, 0.25) is 0 Å². The Hall–Kier alpha value is -2.24. The van der Waals surface area contributed by atoms with E-state index in [9.17, 15) is 4.39 Å². The van der Waals surface area contributed by atoms with Crippen LogP contribution in [0.4, 0.5) is 10.1 Å². The molecular weight excluding hydrogens is 273 g/mol. The maximum Gasteiger partial charge on any atom is 0.216 e. The number of methoxy groups -OCH3 is 2. The first-order valence-electron chi connectivity index (χ1n) is 6.76. The molecule has 0 aliphatic heterocycles. The van der Waals surface area contributed by atoms with Crippen molar-refractivity contribution in [3.8, 4) is 11.6 Å². The summed E-state index contributed by atoms with van der Waals surface area (Å²) in [5, 5.41) is 7.60. The molecule has 1 aromatic heterocycles. The molecular formula is C15H20FN3O2. The van der Waals surface area contributed by atoms with E-state index in [0.717, 1.165) is 17.7 Å². The van der Waals surface area contributed by atoms with Gasteiger partial charge in [-0.05, 0) is 18.6 Å². The maximum atomic E-state index is 13.4. The number of anilines is 1. The summed E-state index contributed by atoms with van der Waals surface area (Å²) in [4.78, 5) is 0. The molecule has 0 amide bonds. The SMILES string of the molecule is CCc1nn(C)c(OC)c1CNc1cc(F)ccc1OC. The molecule has 5 nitrogen and oxygen atoms in total. The molecule has 0 radical (unpaired) electrons. The number of rotatable bonds is 6. The minimum absolute atomic E-state index is 0.313. The lowest BCUT2D eigenvalue weighted by atomic mass is 10.2. The van der Waals surface area contributed by atoms with Gasteiger partial charge in [-0.1, -0.05) is 6.92 Å². The van der Waals surface area contributed by atoms with Crippen molar-refractivity contribution >= 4 is 5.69 Å². The Morgan fingerprint density at radius 1 is 1.29 bits per heavy atom. The van der Waals surface area contributed by atoms with Gasteiger partial charge in [0, 0.05) is 19.7 Å². The summed E-state index contributed by atoms with van der Waals surface area (Å²) in [6.45, 7) is 2.52. The van der Waals surface area contributed by atoms with Gasteiger partial charge < -0.3 is 14.8 Å². The third-order valence-electron chi connectivity index (χ3n) is 3.32. The zero-order chi connectivity index (χ0) is 15.4. The lowest BCUT2D eigenvalue weighted by Gasteiger charge is -2.12. The molecule has 21 heavy (non-hydrogen) atoms. The second-order valence-electron chi connectivity index (χ2n) is 4.61. The van der Waals surface area contributed by atoms with E-state index in [1.165, 1.54) is 12.1 Å². The lowest BCUT2D eigenvalue weighted by molar-refractivity contribution is 0.369. The Bertz CT molecular complexity index is 626. The third kappa shape index (κ3) is 3.09. The first kappa shape index (κ1) is 15.2. The first-order chi connectivity index (χ1) is 10.1. The summed E-state index contributed by atoms with van der Waals surface area (Å²) in [6.07, 6.45) is 0.800. The molecule has 0 saturated heterocycles. The van der Waals surface area contributed by atoms with Crippen molar-refractivity contribution < 1.29 is 13.9 Å². The molecule has 0 fully saturated rings. The van der Waals surface area contributed by atoms with Crippen molar-refractivity contribution in [3.63, 3.8) is 0 Å². The van der Waals surface area contributed by atoms with E-state index in [-0.39, 0.29) is 5.82 Å². The first-order valence-corrected chi connectivity index (χ1v) is 6.76. The van der Waals surface area contributed by atoms with Crippen molar-refractivity contribution in [2.24, 2.45) is 7.05 Å². The van der Waals surface area contributed by atoms with E-state index >= 15 is 0 Å². The number of hydrogen-bond acceptors (Lipinski definition) is 4. The van der Waals surface area contributed by atoms with Crippen molar-refractivity contribution in [3.05, 3.63) is 35.3 Å². The standard InChI is InChI=1S/C15H20FN3O2/c1-5-12-11(15(21-4)19(2)18-12)9-17-13-8-10(16)6-7-14(13)20-3/h6-8,17H,5,9H2,1-4H3. The van der Waals surface area contributed by atoms with Gasteiger partial charge in [-0.15, -0.1) is 0 Å². The van der Waals surface area contributed by atoms with E-state index in [0.29, 0.717) is 23.9 Å². The van der Waals surface area contributed by atoms with Crippen LogP contribution in [0.25, 0.3) is 0 Å². The Kier molecular flexibility index (Phi) is 4.67. The van der Waals surface area contributed by atoms with E-state index in [1.54, 1.807) is 25.0 Å². The Labute approximate surface area is 123 Å². The van der Waals surface area contributed by atoms with Gasteiger partial charge in [0.15, 0.2) is 0 Å². The highest BCUT2D eigenvalue weighted by atomic mass is 19.1. The largest absolute Gasteiger partial charge is 0.495 e. The minimum atomic E-state index is -0.313. The van der Waals surface area contributed by atoms with Crippen molar-refractivity contribution in [1.82, 2.24) is 9.78 Å². The molecule has 1 heterocycles. The van der Waals surface area contributed by atoms with Crippen LogP contribution < -0.4 is 14.8 Å². The van der Waals surface area contributed by atoms with Crippen LogP contribution in [0.15, 0.2) is 18.2 Å². The highest BCUT2D eigenvalue weighted by Crippen LogP contribution is 2.28. The number of benzene rings is 1. The number of ether oxygens (including phenoxy) is 2. The Morgan fingerprint density at radius 2 is 2.05 bits per heavy atom. The van der Waals surface area contributed by atoms with E-state index < -0.39 is 0 Å². The highest BCUT2D eigenvalue weighted by Gasteiger charge is 2.16. The van der Waals surface area contributed by atoms with Gasteiger partial charge in [-0.25, -0.2) is 9.07 Å². The fourth-order valence-corrected chi connectivity index (χ4v) is 2.32. The number of aryl methyl sites for hydroxylation is 2. The number of nitrogens with zero attached hydrogens (tertiary/aromatic N) is 2. The van der Waals surface area contributed by atoms with E-state index in [2.05, 4.69) is 10.4 Å². The third-order valence-corrected chi connectivity index (χ3v) is 3.32. The van der Waals surface area contributed by atoms with Crippen LogP contribution in [-0.2, 0) is 20.0 Å². The monoisotopic (exact) mass is 293 g/mol. The molecule has 0 aliphatic rings. The minimum Gasteiger partial charge on any atom is -0.495 e. The molecule has 0 unspecified atom stereocenters. The van der Waals surface area contributed by atoms with Crippen molar-refractivity contribution in [2.75, 3.05) is 19.5 Å². The van der Waals surface area contributed by atoms with Crippen molar-refractivity contribution in [1.29, 1.82) is 0 Å². The predicted octanol–water partition coefficient (Wildman–Crippen LogP) is 2.75. The van der Waals surface area contributed by atoms with Gasteiger partial charge in [0.25, 0.3) is 0 Å². The van der Waals surface area contributed by atoms with Gasteiger partial charge in [-0.2, -0.15) is 5.10 Å². The molecule has 0 spiro atoms. The number of hydrogen-bond donors (Lipinski definition) is 1. The molecule has 6 heteroatoms. The average molecular weight is 293 g/mol. The van der Waals surface area contributed by atoms with Crippen LogP contribution in [0.5, 0.6) is 11.6 Å². The van der Waals surface area contributed by atoms with Gasteiger partial charge in [0.2, 0.25) is 5.88 Å². The van der Waals surface area contributed by atoms with E-state index in [4.69, 9.17) is 9.47 Å².